The summed E-state index contributed by atoms with van der Waals surface area (Å²) in [4.78, 5) is 34.2. The van der Waals surface area contributed by atoms with Crippen molar-refractivity contribution in [3.63, 3.8) is 0 Å². The summed E-state index contributed by atoms with van der Waals surface area (Å²) in [5, 5.41) is 2.43. The predicted molar refractivity (Wildman–Crippen MR) is 67.2 cm³/mol. The van der Waals surface area contributed by atoms with Gasteiger partial charge in [-0.3, -0.25) is 14.4 Å². The number of carbonyl (C=O) groups is 2. The molecule has 1 radical (unpaired) electrons. The Kier molecular flexibility index (Phi) is 8.77. The number of rotatable bonds is 9. The fraction of sp³-hybridized carbons (Fsp3) is 0.727. The maximum Gasteiger partial charge on any atom is 0.242 e. The smallest absolute Gasteiger partial charge is 0.242 e. The normalized spacial score (nSPS) is 11.7. The SMILES string of the molecule is CN(C[C]=O)C(=O)CNC(=O)C(N)CCCCN. The molecule has 0 bridgehead atoms. The molecule has 0 aliphatic rings. The summed E-state index contributed by atoms with van der Waals surface area (Å²) in [7, 11) is 1.46. The highest BCUT2D eigenvalue weighted by molar-refractivity contribution is 5.87. The van der Waals surface area contributed by atoms with Crippen LogP contribution in [0.2, 0.25) is 0 Å². The number of likely N-dealkylation sites (N-methyl/N-ethyl adjacent to an activating group) is 1. The highest BCUT2D eigenvalue weighted by Gasteiger charge is 2.15. The van der Waals surface area contributed by atoms with Crippen molar-refractivity contribution < 1.29 is 14.4 Å². The Morgan fingerprint density at radius 1 is 1.39 bits per heavy atom. The lowest BCUT2D eigenvalue weighted by Crippen LogP contribution is -2.45. The molecule has 0 aromatic carbocycles. The average molecular weight is 257 g/mol. The number of amides is 2. The molecule has 2 amide bonds. The Morgan fingerprint density at radius 2 is 2.06 bits per heavy atom. The second-order valence-corrected chi connectivity index (χ2v) is 4.00. The summed E-state index contributed by atoms with van der Waals surface area (Å²) in [6.45, 7) is 0.290. The van der Waals surface area contributed by atoms with Gasteiger partial charge in [-0.15, -0.1) is 0 Å². The van der Waals surface area contributed by atoms with E-state index in [2.05, 4.69) is 5.32 Å². The molecular formula is C11H21N4O3. The van der Waals surface area contributed by atoms with Gasteiger partial charge in [-0.25, -0.2) is 0 Å². The minimum absolute atomic E-state index is 0.114. The van der Waals surface area contributed by atoms with Gasteiger partial charge in [0, 0.05) is 7.05 Å². The van der Waals surface area contributed by atoms with E-state index in [0.29, 0.717) is 13.0 Å². The Labute approximate surface area is 107 Å². The first-order chi connectivity index (χ1) is 8.52. The van der Waals surface area contributed by atoms with Crippen LogP contribution in [-0.4, -0.2) is 55.7 Å². The maximum absolute atomic E-state index is 11.5. The number of hydrogen-bond acceptors (Lipinski definition) is 5. The van der Waals surface area contributed by atoms with Crippen LogP contribution < -0.4 is 16.8 Å². The minimum Gasteiger partial charge on any atom is -0.346 e. The zero-order chi connectivity index (χ0) is 14.0. The van der Waals surface area contributed by atoms with Gasteiger partial charge in [-0.1, -0.05) is 6.42 Å². The Morgan fingerprint density at radius 3 is 2.61 bits per heavy atom. The lowest BCUT2D eigenvalue weighted by Gasteiger charge is -2.15. The van der Waals surface area contributed by atoms with E-state index in [1.807, 2.05) is 0 Å². The zero-order valence-corrected chi connectivity index (χ0v) is 10.6. The monoisotopic (exact) mass is 257 g/mol. The van der Waals surface area contributed by atoms with Gasteiger partial charge in [-0.2, -0.15) is 0 Å². The molecule has 7 nitrogen and oxygen atoms in total. The van der Waals surface area contributed by atoms with Crippen LogP contribution in [0.4, 0.5) is 0 Å². The molecule has 1 unspecified atom stereocenters. The molecule has 0 fully saturated rings. The number of nitrogens with zero attached hydrogens (tertiary/aromatic N) is 1. The van der Waals surface area contributed by atoms with Gasteiger partial charge in [0.2, 0.25) is 18.1 Å². The molecule has 1 atom stereocenters. The van der Waals surface area contributed by atoms with Crippen molar-refractivity contribution in [1.82, 2.24) is 10.2 Å². The van der Waals surface area contributed by atoms with Crippen molar-refractivity contribution >= 4 is 18.1 Å². The van der Waals surface area contributed by atoms with Gasteiger partial charge in [0.25, 0.3) is 0 Å². The molecular weight excluding hydrogens is 236 g/mol. The third-order valence-corrected chi connectivity index (χ3v) is 2.45. The first-order valence-electron chi connectivity index (χ1n) is 5.85. The molecule has 0 spiro atoms. The summed E-state index contributed by atoms with van der Waals surface area (Å²) in [5.74, 6) is -0.732. The first kappa shape index (κ1) is 16.5. The summed E-state index contributed by atoms with van der Waals surface area (Å²) >= 11 is 0. The quantitative estimate of drug-likeness (QED) is 0.418. The van der Waals surface area contributed by atoms with Crippen LogP contribution in [0.25, 0.3) is 0 Å². The zero-order valence-electron chi connectivity index (χ0n) is 10.6. The summed E-state index contributed by atoms with van der Waals surface area (Å²) < 4.78 is 0. The van der Waals surface area contributed by atoms with Crippen LogP contribution in [-0.2, 0) is 14.4 Å². The molecule has 0 aromatic rings. The summed E-state index contributed by atoms with van der Waals surface area (Å²) in [5.41, 5.74) is 11.0. The third kappa shape index (κ3) is 6.97. The largest absolute Gasteiger partial charge is 0.346 e. The van der Waals surface area contributed by atoms with Crippen LogP contribution in [0.15, 0.2) is 0 Å². The van der Waals surface area contributed by atoms with E-state index in [4.69, 9.17) is 11.5 Å². The molecule has 0 aromatic heterocycles. The molecule has 18 heavy (non-hydrogen) atoms. The standard InChI is InChI=1S/C11H21N4O3/c1-15(6-7-16)10(17)8-14-11(18)9(13)4-2-3-5-12/h9H,2-6,8,12-13H2,1H3,(H,14,18). The van der Waals surface area contributed by atoms with E-state index in [1.54, 1.807) is 6.29 Å². The highest BCUT2D eigenvalue weighted by atomic mass is 16.2. The molecule has 0 aliphatic carbocycles. The highest BCUT2D eigenvalue weighted by Crippen LogP contribution is 1.97. The van der Waals surface area contributed by atoms with Crippen LogP contribution in [0.5, 0.6) is 0 Å². The molecule has 0 heterocycles. The maximum atomic E-state index is 11.5. The van der Waals surface area contributed by atoms with Crippen molar-refractivity contribution in [1.29, 1.82) is 0 Å². The Bertz CT molecular complexity index is 283. The van der Waals surface area contributed by atoms with Crippen LogP contribution >= 0.6 is 0 Å². The number of hydrogen-bond donors (Lipinski definition) is 3. The van der Waals surface area contributed by atoms with Crippen LogP contribution in [0, 0.1) is 0 Å². The summed E-state index contributed by atoms with van der Waals surface area (Å²) in [6.07, 6.45) is 3.73. The average Bonchev–Trinajstić information content (AvgIpc) is 2.35. The fourth-order valence-corrected chi connectivity index (χ4v) is 1.25. The third-order valence-electron chi connectivity index (χ3n) is 2.45. The van der Waals surface area contributed by atoms with Gasteiger partial charge in [0.15, 0.2) is 0 Å². The lowest BCUT2D eigenvalue weighted by molar-refractivity contribution is -0.131. The van der Waals surface area contributed by atoms with Crippen molar-refractivity contribution in [2.24, 2.45) is 11.5 Å². The lowest BCUT2D eigenvalue weighted by atomic mass is 10.1. The van der Waals surface area contributed by atoms with E-state index in [-0.39, 0.29) is 24.9 Å². The molecule has 0 rings (SSSR count). The number of carbonyl (C=O) groups excluding carboxylic acids is 3. The van der Waals surface area contributed by atoms with E-state index in [1.165, 1.54) is 11.9 Å². The summed E-state index contributed by atoms with van der Waals surface area (Å²) in [6, 6.07) is -0.632. The van der Waals surface area contributed by atoms with Gasteiger partial charge >= 0.3 is 0 Å². The van der Waals surface area contributed by atoms with Gasteiger partial charge in [0.05, 0.1) is 19.1 Å². The molecule has 0 saturated carbocycles. The van der Waals surface area contributed by atoms with Gasteiger partial charge in [0.1, 0.15) is 0 Å². The fourth-order valence-electron chi connectivity index (χ4n) is 1.25. The van der Waals surface area contributed by atoms with E-state index in [9.17, 15) is 14.4 Å². The second-order valence-electron chi connectivity index (χ2n) is 4.00. The van der Waals surface area contributed by atoms with E-state index < -0.39 is 6.04 Å². The Hall–Kier alpha value is -1.47. The van der Waals surface area contributed by atoms with E-state index >= 15 is 0 Å². The van der Waals surface area contributed by atoms with Crippen LogP contribution in [0.1, 0.15) is 19.3 Å². The number of unbranched alkanes of at least 4 members (excludes halogenated alkanes) is 1. The second kappa shape index (κ2) is 9.55. The predicted octanol–water partition coefficient (Wildman–Crippen LogP) is -1.87. The van der Waals surface area contributed by atoms with Crippen LogP contribution in [0.3, 0.4) is 0 Å². The number of nitrogens with one attached hydrogen (secondary N) is 1. The van der Waals surface area contributed by atoms with Crippen molar-refractivity contribution in [3.8, 4) is 0 Å². The molecule has 5 N–H and O–H groups in total. The Balaban J connectivity index is 3.87. The molecule has 7 heteroatoms. The van der Waals surface area contributed by atoms with Gasteiger partial charge < -0.3 is 21.7 Å². The van der Waals surface area contributed by atoms with Crippen molar-refractivity contribution in [2.45, 2.75) is 25.3 Å². The van der Waals surface area contributed by atoms with Gasteiger partial charge in [-0.05, 0) is 19.4 Å². The van der Waals surface area contributed by atoms with Crippen molar-refractivity contribution in [2.75, 3.05) is 26.7 Å². The molecule has 0 aliphatic heterocycles. The first-order valence-corrected chi connectivity index (χ1v) is 5.85. The minimum atomic E-state index is -0.632. The van der Waals surface area contributed by atoms with Crippen molar-refractivity contribution in [3.05, 3.63) is 0 Å². The molecule has 103 valence electrons. The topological polar surface area (TPSA) is 119 Å². The van der Waals surface area contributed by atoms with E-state index in [0.717, 1.165) is 12.8 Å². The number of nitrogens with two attached hydrogens (primary N) is 2. The molecule has 0 saturated heterocycles.